The van der Waals surface area contributed by atoms with Crippen molar-refractivity contribution < 1.29 is 9.47 Å². The van der Waals surface area contributed by atoms with Gasteiger partial charge in [-0.1, -0.05) is 48.5 Å². The van der Waals surface area contributed by atoms with Crippen LogP contribution >= 0.6 is 0 Å². The molecule has 0 aliphatic carbocycles. The van der Waals surface area contributed by atoms with Crippen molar-refractivity contribution in [3.63, 3.8) is 0 Å². The van der Waals surface area contributed by atoms with Gasteiger partial charge in [0.2, 0.25) is 0 Å². The molecule has 31 heavy (non-hydrogen) atoms. The molecule has 5 heteroatoms. The second-order valence-electron chi connectivity index (χ2n) is 7.92. The molecule has 1 aliphatic rings. The second kappa shape index (κ2) is 8.26. The molecule has 0 bridgehead atoms. The van der Waals surface area contributed by atoms with Crippen molar-refractivity contribution >= 4 is 16.6 Å². The summed E-state index contributed by atoms with van der Waals surface area (Å²) in [7, 11) is 0. The highest BCUT2D eigenvalue weighted by atomic mass is 16.6. The normalized spacial score (nSPS) is 12.7. The lowest BCUT2D eigenvalue weighted by Crippen LogP contribution is -2.15. The minimum Gasteiger partial charge on any atom is -0.486 e. The molecule has 3 aromatic carbocycles. The van der Waals surface area contributed by atoms with Crippen LogP contribution in [0, 0.1) is 13.8 Å². The lowest BCUT2D eigenvalue weighted by atomic mass is 9.96. The van der Waals surface area contributed by atoms with Gasteiger partial charge < -0.3 is 14.8 Å². The predicted octanol–water partition coefficient (Wildman–Crippen LogP) is 5.22. The number of aromatic nitrogens is 2. The highest BCUT2D eigenvalue weighted by Crippen LogP contribution is 2.31. The molecule has 0 atom stereocenters. The Morgan fingerprint density at radius 2 is 1.55 bits per heavy atom. The Hall–Kier alpha value is -3.60. The number of benzene rings is 3. The molecule has 0 saturated heterocycles. The number of nitrogens with zero attached hydrogens (tertiary/aromatic N) is 2. The maximum atomic E-state index is 5.70. The fourth-order valence-electron chi connectivity index (χ4n) is 4.10. The molecule has 0 fully saturated rings. The van der Waals surface area contributed by atoms with Gasteiger partial charge in [-0.3, -0.25) is 0 Å². The van der Waals surface area contributed by atoms with E-state index >= 15 is 0 Å². The molecule has 5 rings (SSSR count). The fraction of sp³-hybridized carbons (Fsp3) is 0.231. The number of anilines is 1. The third kappa shape index (κ3) is 3.91. The van der Waals surface area contributed by atoms with Crippen LogP contribution in [0.5, 0.6) is 11.5 Å². The van der Waals surface area contributed by atoms with Gasteiger partial charge in [-0.15, -0.1) is 5.10 Å². The van der Waals surface area contributed by atoms with E-state index < -0.39 is 0 Å². The quantitative estimate of drug-likeness (QED) is 0.488. The molecule has 0 saturated carbocycles. The Morgan fingerprint density at radius 1 is 0.806 bits per heavy atom. The highest BCUT2D eigenvalue weighted by Gasteiger charge is 2.14. The maximum absolute atomic E-state index is 5.70. The van der Waals surface area contributed by atoms with Crippen LogP contribution in [-0.4, -0.2) is 23.4 Å². The molecule has 1 aliphatic heterocycles. The summed E-state index contributed by atoms with van der Waals surface area (Å²) in [5.41, 5.74) is 5.99. The third-order valence-corrected chi connectivity index (χ3v) is 5.82. The summed E-state index contributed by atoms with van der Waals surface area (Å²) in [6.07, 6.45) is 0.772. The molecule has 0 spiro atoms. The van der Waals surface area contributed by atoms with Crippen molar-refractivity contribution in [2.45, 2.75) is 26.8 Å². The zero-order valence-electron chi connectivity index (χ0n) is 17.8. The van der Waals surface area contributed by atoms with E-state index in [1.54, 1.807) is 0 Å². The van der Waals surface area contributed by atoms with E-state index in [2.05, 4.69) is 65.8 Å². The van der Waals surface area contributed by atoms with Crippen LogP contribution in [0.3, 0.4) is 0 Å². The minimum absolute atomic E-state index is 0.585. The number of fused-ring (bicyclic) bond motifs is 2. The van der Waals surface area contributed by atoms with Crippen molar-refractivity contribution in [2.75, 3.05) is 18.5 Å². The molecule has 5 nitrogen and oxygen atoms in total. The van der Waals surface area contributed by atoms with Gasteiger partial charge in [-0.2, -0.15) is 5.10 Å². The first-order valence-corrected chi connectivity index (χ1v) is 10.6. The Morgan fingerprint density at radius 3 is 2.35 bits per heavy atom. The first-order valence-electron chi connectivity index (χ1n) is 10.6. The Bertz CT molecular complexity index is 1230. The van der Waals surface area contributed by atoms with E-state index in [0.717, 1.165) is 45.8 Å². The average molecular weight is 412 g/mol. The van der Waals surface area contributed by atoms with Crippen LogP contribution in [0.1, 0.15) is 27.9 Å². The van der Waals surface area contributed by atoms with Crippen molar-refractivity contribution in [2.24, 2.45) is 0 Å². The molecule has 156 valence electrons. The van der Waals surface area contributed by atoms with Crippen LogP contribution < -0.4 is 14.8 Å². The van der Waals surface area contributed by atoms with Gasteiger partial charge in [-0.25, -0.2) is 0 Å². The SMILES string of the molecule is Cc1cccc(C)c1Cc1nnc(NCc2ccc3c(c2)OCCO3)c2ccccc12. The van der Waals surface area contributed by atoms with Crippen molar-refractivity contribution in [1.29, 1.82) is 0 Å². The number of ether oxygens (including phenoxy) is 2. The standard InChI is InChI=1S/C26H25N3O2/c1-17-6-5-7-18(2)22(17)15-23-20-8-3-4-9-21(20)26(29-28-23)27-16-19-10-11-24-25(14-19)31-13-12-30-24/h3-11,14H,12-13,15-16H2,1-2H3,(H,27,29). The Kier molecular flexibility index (Phi) is 5.16. The number of nitrogens with one attached hydrogen (secondary N) is 1. The van der Waals surface area contributed by atoms with Crippen LogP contribution in [0.15, 0.2) is 60.7 Å². The molecule has 0 radical (unpaired) electrons. The van der Waals surface area contributed by atoms with Crippen LogP contribution in [-0.2, 0) is 13.0 Å². The van der Waals surface area contributed by atoms with Gasteiger partial charge in [0.25, 0.3) is 0 Å². The molecule has 1 N–H and O–H groups in total. The lowest BCUT2D eigenvalue weighted by molar-refractivity contribution is 0.171. The molecular formula is C26H25N3O2. The molecule has 1 aromatic heterocycles. The summed E-state index contributed by atoms with van der Waals surface area (Å²) in [6, 6.07) is 20.8. The molecule has 2 heterocycles. The molecule has 0 unspecified atom stereocenters. The summed E-state index contributed by atoms with van der Waals surface area (Å²) in [6.45, 7) is 6.12. The highest BCUT2D eigenvalue weighted by molar-refractivity contribution is 5.93. The summed E-state index contributed by atoms with van der Waals surface area (Å²) >= 11 is 0. The van der Waals surface area contributed by atoms with Gasteiger partial charge in [-0.05, 0) is 48.2 Å². The van der Waals surface area contributed by atoms with Gasteiger partial charge in [0.1, 0.15) is 13.2 Å². The van der Waals surface area contributed by atoms with Crippen molar-refractivity contribution in [1.82, 2.24) is 10.2 Å². The second-order valence-corrected chi connectivity index (χ2v) is 7.92. The molecule has 0 amide bonds. The van der Waals surface area contributed by atoms with E-state index in [0.29, 0.717) is 19.8 Å². The van der Waals surface area contributed by atoms with Gasteiger partial charge in [0.15, 0.2) is 17.3 Å². The molecular weight excluding hydrogens is 386 g/mol. The van der Waals surface area contributed by atoms with E-state index in [9.17, 15) is 0 Å². The van der Waals surface area contributed by atoms with Gasteiger partial charge in [0, 0.05) is 23.7 Å². The summed E-state index contributed by atoms with van der Waals surface area (Å²) < 4.78 is 11.3. The fourth-order valence-corrected chi connectivity index (χ4v) is 4.10. The van der Waals surface area contributed by atoms with E-state index in [-0.39, 0.29) is 0 Å². The van der Waals surface area contributed by atoms with E-state index in [1.165, 1.54) is 16.7 Å². The zero-order chi connectivity index (χ0) is 21.2. The summed E-state index contributed by atoms with van der Waals surface area (Å²) in [5, 5.41) is 14.8. The Labute approximate surface area is 182 Å². The first-order chi connectivity index (χ1) is 15.2. The van der Waals surface area contributed by atoms with Crippen LogP contribution in [0.2, 0.25) is 0 Å². The number of hydrogen-bond donors (Lipinski definition) is 1. The predicted molar refractivity (Wildman–Crippen MR) is 123 cm³/mol. The summed E-state index contributed by atoms with van der Waals surface area (Å²) in [5.74, 6) is 2.39. The third-order valence-electron chi connectivity index (χ3n) is 5.82. The van der Waals surface area contributed by atoms with Crippen molar-refractivity contribution in [3.8, 4) is 11.5 Å². The van der Waals surface area contributed by atoms with Crippen LogP contribution in [0.25, 0.3) is 10.8 Å². The van der Waals surface area contributed by atoms with Crippen molar-refractivity contribution in [3.05, 3.63) is 88.6 Å². The first kappa shape index (κ1) is 19.4. The topological polar surface area (TPSA) is 56.3 Å². The smallest absolute Gasteiger partial charge is 0.161 e. The number of rotatable bonds is 5. The maximum Gasteiger partial charge on any atom is 0.161 e. The average Bonchev–Trinajstić information content (AvgIpc) is 2.80. The van der Waals surface area contributed by atoms with Gasteiger partial charge >= 0.3 is 0 Å². The van der Waals surface area contributed by atoms with E-state index in [1.807, 2.05) is 24.3 Å². The number of hydrogen-bond acceptors (Lipinski definition) is 5. The lowest BCUT2D eigenvalue weighted by Gasteiger charge is -2.19. The van der Waals surface area contributed by atoms with Gasteiger partial charge in [0.05, 0.1) is 5.69 Å². The summed E-state index contributed by atoms with van der Waals surface area (Å²) in [4.78, 5) is 0. The monoisotopic (exact) mass is 411 g/mol. The van der Waals surface area contributed by atoms with E-state index in [4.69, 9.17) is 9.47 Å². The Balaban J connectivity index is 1.42. The minimum atomic E-state index is 0.585. The largest absolute Gasteiger partial charge is 0.486 e. The number of aryl methyl sites for hydroxylation is 2. The van der Waals surface area contributed by atoms with Crippen LogP contribution in [0.4, 0.5) is 5.82 Å². The molecule has 4 aromatic rings. The zero-order valence-corrected chi connectivity index (χ0v) is 17.8.